The van der Waals surface area contributed by atoms with Crippen LogP contribution in [0.25, 0.3) is 33.5 Å². The van der Waals surface area contributed by atoms with E-state index >= 15 is 0 Å². The number of imidazole rings is 2. The predicted molar refractivity (Wildman–Crippen MR) is 250 cm³/mol. The highest BCUT2D eigenvalue weighted by Crippen LogP contribution is 2.54. The van der Waals surface area contributed by atoms with Crippen LogP contribution in [0.15, 0.2) is 85.0 Å². The van der Waals surface area contributed by atoms with E-state index in [4.69, 9.17) is 19.4 Å². The quantitative estimate of drug-likeness (QED) is 0.114. The third-order valence-corrected chi connectivity index (χ3v) is 15.4. The number of amides is 4. The number of nitrogens with zero attached hydrogens (tertiary/aromatic N) is 4. The first kappa shape index (κ1) is 42.0. The van der Waals surface area contributed by atoms with Crippen molar-refractivity contribution in [3.8, 4) is 0 Å². The number of aromatic nitrogens is 4. The third kappa shape index (κ3) is 6.98. The predicted octanol–water partition coefficient (Wildman–Crippen LogP) is 8.79. The summed E-state index contributed by atoms with van der Waals surface area (Å²) in [4.78, 5) is 75.1. The Morgan fingerprint density at radius 2 is 1.61 bits per heavy atom. The van der Waals surface area contributed by atoms with Crippen LogP contribution in [-0.4, -0.2) is 86.1 Å². The fraction of sp³-hybridized carbons (Fsp3) is 0.423. The summed E-state index contributed by atoms with van der Waals surface area (Å²) in [6, 6.07) is 18.3. The maximum atomic E-state index is 14.5. The highest BCUT2D eigenvalue weighted by molar-refractivity contribution is 6.05. The van der Waals surface area contributed by atoms with Crippen LogP contribution in [0.1, 0.15) is 118 Å². The van der Waals surface area contributed by atoms with E-state index in [1.54, 1.807) is 0 Å². The average molecular weight is 889 g/mol. The van der Waals surface area contributed by atoms with Gasteiger partial charge in [0.2, 0.25) is 5.91 Å². The lowest BCUT2D eigenvalue weighted by Gasteiger charge is -2.37. The first-order valence-corrected chi connectivity index (χ1v) is 23.4. The zero-order valence-electron chi connectivity index (χ0n) is 37.9. The number of aromatic amines is 2. The molecule has 11 rings (SSSR count). The Bertz CT molecular complexity index is 2880. The molecule has 2 saturated heterocycles. The van der Waals surface area contributed by atoms with Gasteiger partial charge in [-0.3, -0.25) is 9.59 Å². The first-order valence-electron chi connectivity index (χ1n) is 23.4. The van der Waals surface area contributed by atoms with Crippen LogP contribution in [0.5, 0.6) is 0 Å². The van der Waals surface area contributed by atoms with Gasteiger partial charge in [0.1, 0.15) is 23.7 Å². The molecule has 6 aliphatic rings. The molecule has 5 aromatic rings. The van der Waals surface area contributed by atoms with Crippen molar-refractivity contribution >= 4 is 57.5 Å². The van der Waals surface area contributed by atoms with E-state index in [0.29, 0.717) is 11.5 Å². The van der Waals surface area contributed by atoms with Crippen LogP contribution in [0.3, 0.4) is 0 Å². The van der Waals surface area contributed by atoms with E-state index < -0.39 is 24.3 Å². The van der Waals surface area contributed by atoms with Gasteiger partial charge in [-0.2, -0.15) is 0 Å². The minimum atomic E-state index is -0.881. The zero-order chi connectivity index (χ0) is 45.6. The van der Waals surface area contributed by atoms with Crippen LogP contribution >= 0.6 is 0 Å². The summed E-state index contributed by atoms with van der Waals surface area (Å²) in [6.07, 6.45) is 15.6. The molecule has 4 amide bonds. The SMILES string of the molecule is COC(=O)N[C@H](C(=O)N1[C@@H](c2nc3ccc4cc(C5=CC6(C)C=Cc7nc([C@@H]8[C@H]9CC[C@H](C9)N8C(=O)[C@H](NC(=O)OC)c8ccccc8)[nH]c7C6C=C5)ccc4c3[nH]2)CC[C@H]2C[C@H]21)C(C)C. The number of likely N-dealkylation sites (tertiary alicyclic amines) is 2. The standard InChI is InChI=1S/C52H56N8O6/c1-27(2)41(57-50(63)65-4)48(61)60-39(20-15-31-25-40(31)60)46-53-37-19-14-30-23-29(12-17-35(30)43(37)55-46)33-13-18-36-44-38(21-22-52(36,3)26-33)54-47(56-44)45-32-11-16-34(24-32)59(45)49(62)42(58-51(64)66-5)28-9-7-6-8-10-28/h6-10,12-14,17-19,21-23,26-27,31-32,34,36,39-42,45H,11,15-16,20,24-25H2,1-5H3,(H,53,55)(H,54,56)(H,57,63)(H,58,64)/t31-,32-,34+,36?,39+,40+,41-,42+,45-,52?/m0/s1. The molecule has 340 valence electrons. The van der Waals surface area contributed by atoms with E-state index in [1.807, 2.05) is 54.0 Å². The summed E-state index contributed by atoms with van der Waals surface area (Å²) < 4.78 is 9.81. The number of methoxy groups -OCH3 is 2. The minimum absolute atomic E-state index is 0.0102. The molecule has 14 heteroatoms. The van der Waals surface area contributed by atoms with Gasteiger partial charge in [0.05, 0.1) is 48.7 Å². The summed E-state index contributed by atoms with van der Waals surface area (Å²) in [5.41, 5.74) is 6.32. The Kier molecular flexibility index (Phi) is 10.2. The number of rotatable bonds is 9. The fourth-order valence-electron chi connectivity index (χ4n) is 12.0. The number of piperidine rings is 2. The maximum absolute atomic E-state index is 14.5. The first-order chi connectivity index (χ1) is 31.9. The molecule has 2 aromatic heterocycles. The van der Waals surface area contributed by atoms with Gasteiger partial charge in [-0.15, -0.1) is 0 Å². The van der Waals surface area contributed by atoms with Crippen molar-refractivity contribution in [2.75, 3.05) is 14.2 Å². The van der Waals surface area contributed by atoms with Crippen molar-refractivity contribution in [2.24, 2.45) is 23.2 Å². The Morgan fingerprint density at radius 3 is 2.39 bits per heavy atom. The number of hydrogen-bond donors (Lipinski definition) is 4. The van der Waals surface area contributed by atoms with Crippen LogP contribution in [0, 0.1) is 23.2 Å². The van der Waals surface area contributed by atoms with Gasteiger partial charge in [0.25, 0.3) is 5.91 Å². The van der Waals surface area contributed by atoms with Crippen LogP contribution in [0.2, 0.25) is 0 Å². The second-order valence-electron chi connectivity index (χ2n) is 19.7. The van der Waals surface area contributed by atoms with Crippen molar-refractivity contribution in [3.63, 3.8) is 0 Å². The maximum Gasteiger partial charge on any atom is 0.407 e. The summed E-state index contributed by atoms with van der Waals surface area (Å²) in [5.74, 6) is 1.97. The molecule has 4 fully saturated rings. The van der Waals surface area contributed by atoms with Crippen molar-refractivity contribution in [2.45, 2.75) is 101 Å². The highest BCUT2D eigenvalue weighted by Gasteiger charge is 2.54. The van der Waals surface area contributed by atoms with Gasteiger partial charge in [0.15, 0.2) is 0 Å². The van der Waals surface area contributed by atoms with E-state index in [9.17, 15) is 19.2 Å². The molecule has 4 aliphatic carbocycles. The van der Waals surface area contributed by atoms with Gasteiger partial charge in [-0.1, -0.05) is 93.6 Å². The molecule has 14 nitrogen and oxygen atoms in total. The number of H-pyrrole nitrogens is 2. The lowest BCUT2D eigenvalue weighted by molar-refractivity contribution is -0.139. The smallest absolute Gasteiger partial charge is 0.407 e. The second-order valence-corrected chi connectivity index (χ2v) is 19.7. The molecule has 4 heterocycles. The zero-order valence-corrected chi connectivity index (χ0v) is 37.9. The van der Waals surface area contributed by atoms with Crippen molar-refractivity contribution in [1.29, 1.82) is 0 Å². The number of ether oxygens (including phenoxy) is 2. The summed E-state index contributed by atoms with van der Waals surface area (Å²) in [7, 11) is 2.62. The third-order valence-electron chi connectivity index (χ3n) is 15.4. The van der Waals surface area contributed by atoms with Crippen LogP contribution in [-0.2, 0) is 19.1 Å². The molecule has 0 radical (unpaired) electrons. The molecule has 2 saturated carbocycles. The molecule has 0 spiro atoms. The molecule has 4 N–H and O–H groups in total. The van der Waals surface area contributed by atoms with Gasteiger partial charge in [0, 0.05) is 28.8 Å². The van der Waals surface area contributed by atoms with Crippen molar-refractivity contribution < 1.29 is 28.7 Å². The Morgan fingerprint density at radius 1 is 0.818 bits per heavy atom. The molecule has 2 aliphatic heterocycles. The molecular weight excluding hydrogens is 833 g/mol. The number of alkyl carbamates (subject to hydrolysis) is 2. The molecule has 3 aromatic carbocycles. The van der Waals surface area contributed by atoms with Crippen molar-refractivity contribution in [1.82, 2.24) is 40.4 Å². The molecular formula is C52H56N8O6. The Labute approximate surface area is 383 Å². The molecule has 2 unspecified atom stereocenters. The van der Waals surface area contributed by atoms with Gasteiger partial charge in [-0.05, 0) is 96.6 Å². The van der Waals surface area contributed by atoms with Gasteiger partial charge in [-0.25, -0.2) is 19.6 Å². The van der Waals surface area contributed by atoms with Crippen LogP contribution < -0.4 is 10.6 Å². The summed E-state index contributed by atoms with van der Waals surface area (Å²) >= 11 is 0. The van der Waals surface area contributed by atoms with E-state index in [2.05, 4.69) is 88.2 Å². The van der Waals surface area contributed by atoms with Gasteiger partial charge < -0.3 is 39.9 Å². The monoisotopic (exact) mass is 888 g/mol. The molecule has 2 bridgehead atoms. The number of carbonyl (C=O) groups is 4. The lowest BCUT2D eigenvalue weighted by Crippen LogP contribution is -2.54. The second kappa shape index (κ2) is 16.0. The van der Waals surface area contributed by atoms with E-state index in [-0.39, 0.29) is 59.2 Å². The number of allylic oxidation sites excluding steroid dienone is 5. The number of fused-ring (bicyclic) bond motifs is 9. The van der Waals surface area contributed by atoms with Crippen molar-refractivity contribution in [3.05, 3.63) is 119 Å². The topological polar surface area (TPSA) is 175 Å². The Hall–Kier alpha value is -6.70. The number of benzene rings is 3. The number of hydrogen-bond acceptors (Lipinski definition) is 8. The average Bonchev–Trinajstić information content (AvgIpc) is 3.71. The Balaban J connectivity index is 0.850. The molecule has 10 atom stereocenters. The van der Waals surface area contributed by atoms with E-state index in [0.717, 1.165) is 94.5 Å². The lowest BCUT2D eigenvalue weighted by atomic mass is 9.68. The number of carbonyl (C=O) groups excluding carboxylic acids is 4. The van der Waals surface area contributed by atoms with Crippen LogP contribution in [0.4, 0.5) is 9.59 Å². The minimum Gasteiger partial charge on any atom is -0.453 e. The highest BCUT2D eigenvalue weighted by atomic mass is 16.5. The summed E-state index contributed by atoms with van der Waals surface area (Å²) in [6.45, 7) is 6.13. The van der Waals surface area contributed by atoms with E-state index in [1.165, 1.54) is 14.2 Å². The summed E-state index contributed by atoms with van der Waals surface area (Å²) in [5, 5.41) is 7.74. The fourth-order valence-corrected chi connectivity index (χ4v) is 12.0. The number of nitrogens with one attached hydrogen (secondary N) is 4. The van der Waals surface area contributed by atoms with Gasteiger partial charge >= 0.3 is 12.2 Å². The largest absolute Gasteiger partial charge is 0.453 e. The molecule has 66 heavy (non-hydrogen) atoms. The normalized spacial score (nSPS) is 27.8.